The van der Waals surface area contributed by atoms with Crippen molar-refractivity contribution in [2.75, 3.05) is 4.90 Å². The van der Waals surface area contributed by atoms with Crippen LogP contribution in [0.5, 0.6) is 0 Å². The van der Waals surface area contributed by atoms with Crippen molar-refractivity contribution in [1.82, 2.24) is 0 Å². The molecule has 0 saturated heterocycles. The lowest BCUT2D eigenvalue weighted by atomic mass is 9.93. The number of rotatable bonds is 7. The highest BCUT2D eigenvalue weighted by molar-refractivity contribution is 6.23. The Labute approximate surface area is 337 Å². The molecule has 11 aromatic rings. The third kappa shape index (κ3) is 5.82. The van der Waals surface area contributed by atoms with Crippen molar-refractivity contribution in [1.29, 1.82) is 0 Å². The molecule has 0 aliphatic carbocycles. The van der Waals surface area contributed by atoms with Gasteiger partial charge in [-0.1, -0.05) is 188 Å². The molecule has 272 valence electrons. The fraction of sp³-hybridized carbons (Fsp3) is 0. The van der Waals surface area contributed by atoms with E-state index in [4.69, 9.17) is 4.42 Å². The third-order valence-electron chi connectivity index (χ3n) is 11.5. The summed E-state index contributed by atoms with van der Waals surface area (Å²) in [6.45, 7) is 0. The minimum absolute atomic E-state index is 0.878. The van der Waals surface area contributed by atoms with E-state index in [2.05, 4.69) is 229 Å². The van der Waals surface area contributed by atoms with Gasteiger partial charge in [-0.3, -0.25) is 0 Å². The molecule has 2 nitrogen and oxygen atoms in total. The maximum atomic E-state index is 6.85. The smallest absolute Gasteiger partial charge is 0.143 e. The van der Waals surface area contributed by atoms with Crippen LogP contribution in [0.25, 0.3) is 88.0 Å². The van der Waals surface area contributed by atoms with Crippen LogP contribution in [-0.2, 0) is 0 Å². The van der Waals surface area contributed by atoms with E-state index in [0.29, 0.717) is 0 Å². The molecule has 0 fully saturated rings. The Hall–Kier alpha value is -7.68. The van der Waals surface area contributed by atoms with Gasteiger partial charge in [-0.2, -0.15) is 0 Å². The summed E-state index contributed by atoms with van der Waals surface area (Å²) in [6.07, 6.45) is 0. The Balaban J connectivity index is 1.12. The lowest BCUT2D eigenvalue weighted by molar-refractivity contribution is 0.673. The zero-order chi connectivity index (χ0) is 38.4. The van der Waals surface area contributed by atoms with Gasteiger partial charge in [-0.25, -0.2) is 0 Å². The van der Waals surface area contributed by atoms with Crippen molar-refractivity contribution in [2.24, 2.45) is 0 Å². The van der Waals surface area contributed by atoms with Gasteiger partial charge in [-0.15, -0.1) is 0 Å². The molecule has 0 N–H and O–H groups in total. The quantitative estimate of drug-likeness (QED) is 0.162. The van der Waals surface area contributed by atoms with Crippen LogP contribution in [0, 0.1) is 0 Å². The van der Waals surface area contributed by atoms with Gasteiger partial charge in [0.2, 0.25) is 0 Å². The van der Waals surface area contributed by atoms with E-state index < -0.39 is 0 Å². The molecular weight excluding hydrogens is 703 g/mol. The Morgan fingerprint density at radius 3 is 1.55 bits per heavy atom. The van der Waals surface area contributed by atoms with Crippen LogP contribution >= 0.6 is 0 Å². The highest BCUT2D eigenvalue weighted by atomic mass is 16.3. The molecule has 0 aliphatic heterocycles. The van der Waals surface area contributed by atoms with E-state index in [9.17, 15) is 0 Å². The standard InChI is InChI=1S/C56H37NO/c1-3-14-38(15-4-1)40-28-30-41(31-29-40)42-32-34-45(35-33-42)57(46-21-11-20-44(36-46)39-16-5-2-6-17-39)53-37-52-55-50(48-25-12-19-43-18-7-8-22-47(43)48)26-13-27-54(55)58-56(52)51-24-10-9-23-49(51)53/h1-37H. The molecule has 0 atom stereocenters. The number of benzene rings is 10. The van der Waals surface area contributed by atoms with Crippen LogP contribution < -0.4 is 4.90 Å². The van der Waals surface area contributed by atoms with E-state index in [1.54, 1.807) is 0 Å². The van der Waals surface area contributed by atoms with Gasteiger partial charge in [0.15, 0.2) is 0 Å². The van der Waals surface area contributed by atoms with Gasteiger partial charge in [0.25, 0.3) is 0 Å². The second-order valence-electron chi connectivity index (χ2n) is 14.9. The van der Waals surface area contributed by atoms with Gasteiger partial charge in [0.1, 0.15) is 11.2 Å². The van der Waals surface area contributed by atoms with Crippen molar-refractivity contribution < 1.29 is 4.42 Å². The van der Waals surface area contributed by atoms with Crippen molar-refractivity contribution in [2.45, 2.75) is 0 Å². The average molecular weight is 740 g/mol. The topological polar surface area (TPSA) is 16.4 Å². The number of fused-ring (bicyclic) bond motifs is 6. The molecule has 11 rings (SSSR count). The minimum atomic E-state index is 0.878. The summed E-state index contributed by atoms with van der Waals surface area (Å²) in [5.74, 6) is 0. The molecule has 0 radical (unpaired) electrons. The molecule has 0 amide bonds. The largest absolute Gasteiger partial charge is 0.455 e. The molecule has 0 bridgehead atoms. The first-order valence-corrected chi connectivity index (χ1v) is 19.8. The lowest BCUT2D eigenvalue weighted by Gasteiger charge is -2.28. The normalized spacial score (nSPS) is 11.4. The van der Waals surface area contributed by atoms with Crippen LogP contribution in [0.3, 0.4) is 0 Å². The molecule has 10 aromatic carbocycles. The molecule has 2 heteroatoms. The molecule has 0 spiro atoms. The molecule has 0 saturated carbocycles. The average Bonchev–Trinajstić information content (AvgIpc) is 3.69. The Morgan fingerprint density at radius 1 is 0.310 bits per heavy atom. The molecule has 0 aliphatic rings. The van der Waals surface area contributed by atoms with Gasteiger partial charge < -0.3 is 9.32 Å². The van der Waals surface area contributed by atoms with Crippen LogP contribution in [0.4, 0.5) is 17.1 Å². The lowest BCUT2D eigenvalue weighted by Crippen LogP contribution is -2.10. The first-order valence-electron chi connectivity index (χ1n) is 19.8. The summed E-state index contributed by atoms with van der Waals surface area (Å²) in [6, 6.07) is 80.6. The number of anilines is 3. The maximum Gasteiger partial charge on any atom is 0.143 e. The Kier molecular flexibility index (Phi) is 8.19. The highest BCUT2D eigenvalue weighted by Gasteiger charge is 2.22. The Bertz CT molecular complexity index is 3250. The predicted molar refractivity (Wildman–Crippen MR) is 245 cm³/mol. The predicted octanol–water partition coefficient (Wildman–Crippen LogP) is 16.0. The fourth-order valence-corrected chi connectivity index (χ4v) is 8.67. The van der Waals surface area contributed by atoms with Crippen LogP contribution in [-0.4, -0.2) is 0 Å². The van der Waals surface area contributed by atoms with E-state index in [0.717, 1.165) is 60.9 Å². The van der Waals surface area contributed by atoms with Gasteiger partial charge in [0.05, 0.1) is 5.69 Å². The molecule has 58 heavy (non-hydrogen) atoms. The number of hydrogen-bond acceptors (Lipinski definition) is 2. The summed E-state index contributed by atoms with van der Waals surface area (Å²) in [5.41, 5.74) is 14.5. The molecule has 0 unspecified atom stereocenters. The van der Waals surface area contributed by atoms with E-state index in [1.807, 2.05) is 0 Å². The van der Waals surface area contributed by atoms with E-state index in [-0.39, 0.29) is 0 Å². The summed E-state index contributed by atoms with van der Waals surface area (Å²) in [4.78, 5) is 2.41. The number of nitrogens with zero attached hydrogens (tertiary/aromatic N) is 1. The zero-order valence-corrected chi connectivity index (χ0v) is 31.7. The number of furan rings is 1. The summed E-state index contributed by atoms with van der Waals surface area (Å²) >= 11 is 0. The van der Waals surface area contributed by atoms with Gasteiger partial charge in [0, 0.05) is 32.9 Å². The first-order chi connectivity index (χ1) is 28.8. The summed E-state index contributed by atoms with van der Waals surface area (Å²) < 4.78 is 6.85. The van der Waals surface area contributed by atoms with Crippen LogP contribution in [0.2, 0.25) is 0 Å². The molecule has 1 heterocycles. The Morgan fingerprint density at radius 2 is 0.828 bits per heavy atom. The third-order valence-corrected chi connectivity index (χ3v) is 11.5. The second-order valence-corrected chi connectivity index (χ2v) is 14.9. The zero-order valence-electron chi connectivity index (χ0n) is 31.7. The monoisotopic (exact) mass is 739 g/mol. The van der Waals surface area contributed by atoms with Gasteiger partial charge >= 0.3 is 0 Å². The molecular formula is C56H37NO. The highest BCUT2D eigenvalue weighted by Crippen LogP contribution is 2.47. The second kappa shape index (κ2) is 14.1. The van der Waals surface area contributed by atoms with E-state index in [1.165, 1.54) is 44.2 Å². The van der Waals surface area contributed by atoms with Gasteiger partial charge in [-0.05, 0) is 91.7 Å². The summed E-state index contributed by atoms with van der Waals surface area (Å²) in [5, 5.41) is 6.85. The van der Waals surface area contributed by atoms with Crippen molar-refractivity contribution in [3.8, 4) is 44.5 Å². The van der Waals surface area contributed by atoms with Crippen molar-refractivity contribution in [3.63, 3.8) is 0 Å². The van der Waals surface area contributed by atoms with Crippen LogP contribution in [0.1, 0.15) is 0 Å². The first kappa shape index (κ1) is 33.6. The fourth-order valence-electron chi connectivity index (χ4n) is 8.67. The van der Waals surface area contributed by atoms with Crippen LogP contribution in [0.15, 0.2) is 229 Å². The van der Waals surface area contributed by atoms with E-state index >= 15 is 0 Å². The minimum Gasteiger partial charge on any atom is -0.455 e. The summed E-state index contributed by atoms with van der Waals surface area (Å²) in [7, 11) is 0. The number of hydrogen-bond donors (Lipinski definition) is 0. The SMILES string of the molecule is c1ccc(-c2ccc(-c3ccc(N(c4cccc(-c5ccccc5)c4)c4cc5c(oc6cccc(-c7cccc8ccccc78)c65)c5ccccc45)cc3)cc2)cc1. The maximum absolute atomic E-state index is 6.85. The van der Waals surface area contributed by atoms with Crippen molar-refractivity contribution in [3.05, 3.63) is 224 Å². The van der Waals surface area contributed by atoms with Crippen molar-refractivity contribution >= 4 is 60.5 Å². The molecule has 1 aromatic heterocycles.